The molecule has 100 valence electrons. The minimum Gasteiger partial charge on any atom is -0.312 e. The lowest BCUT2D eigenvalue weighted by Gasteiger charge is -2.21. The molecule has 2 aromatic rings. The van der Waals surface area contributed by atoms with Crippen LogP contribution in [0.2, 0.25) is 0 Å². The Kier molecular flexibility index (Phi) is 3.38. The molecule has 3 nitrogen and oxygen atoms in total. The highest BCUT2D eigenvalue weighted by Gasteiger charge is 2.15. The van der Waals surface area contributed by atoms with Gasteiger partial charge >= 0.3 is 0 Å². The first-order valence-corrected chi connectivity index (χ1v) is 7.09. The number of hydrogen-bond donors (Lipinski definition) is 1. The summed E-state index contributed by atoms with van der Waals surface area (Å²) in [5, 5.41) is 3.44. The quantitative estimate of drug-likeness (QED) is 0.914. The molecule has 0 bridgehead atoms. The van der Waals surface area contributed by atoms with Crippen LogP contribution in [0.25, 0.3) is 5.69 Å². The van der Waals surface area contributed by atoms with Crippen LogP contribution < -0.4 is 5.32 Å². The van der Waals surface area contributed by atoms with Crippen molar-refractivity contribution >= 4 is 0 Å². The van der Waals surface area contributed by atoms with Crippen molar-refractivity contribution < 1.29 is 0 Å². The van der Waals surface area contributed by atoms with Crippen molar-refractivity contribution in [3.8, 4) is 5.69 Å². The lowest BCUT2D eigenvalue weighted by molar-refractivity contribution is 0.620. The molecular formula is C16H21N3. The molecule has 3 heteroatoms. The van der Waals surface area contributed by atoms with Crippen molar-refractivity contribution in [3.63, 3.8) is 0 Å². The lowest BCUT2D eigenvalue weighted by atomic mass is 9.98. The second-order valence-electron chi connectivity index (χ2n) is 5.69. The van der Waals surface area contributed by atoms with E-state index in [0.717, 1.165) is 25.9 Å². The van der Waals surface area contributed by atoms with Crippen molar-refractivity contribution in [2.24, 2.45) is 5.92 Å². The largest absolute Gasteiger partial charge is 0.312 e. The van der Waals surface area contributed by atoms with E-state index in [1.54, 1.807) is 0 Å². The molecule has 1 aromatic heterocycles. The van der Waals surface area contributed by atoms with Crippen molar-refractivity contribution in [1.82, 2.24) is 14.9 Å². The van der Waals surface area contributed by atoms with Crippen LogP contribution in [-0.2, 0) is 19.4 Å². The predicted octanol–water partition coefficient (Wildman–Crippen LogP) is 2.72. The van der Waals surface area contributed by atoms with Gasteiger partial charge in [-0.3, -0.25) is 0 Å². The Labute approximate surface area is 114 Å². The van der Waals surface area contributed by atoms with Crippen LogP contribution in [0.4, 0.5) is 0 Å². The summed E-state index contributed by atoms with van der Waals surface area (Å²) < 4.78 is 2.27. The van der Waals surface area contributed by atoms with E-state index < -0.39 is 0 Å². The van der Waals surface area contributed by atoms with Gasteiger partial charge < -0.3 is 9.88 Å². The van der Waals surface area contributed by atoms with Gasteiger partial charge in [0.05, 0.1) is 12.0 Å². The highest BCUT2D eigenvalue weighted by Crippen LogP contribution is 2.24. The van der Waals surface area contributed by atoms with Crippen molar-refractivity contribution in [2.45, 2.75) is 33.2 Å². The standard InChI is InChI=1S/C16H21N3/c1-12(2)8-14-10-18-11-19(14)16-5-3-4-13-9-17-7-6-15(13)16/h3-5,10-12,17H,6-9H2,1-2H3. The van der Waals surface area contributed by atoms with Gasteiger partial charge in [-0.1, -0.05) is 26.0 Å². The number of nitrogens with zero attached hydrogens (tertiary/aromatic N) is 2. The minimum absolute atomic E-state index is 0.650. The monoisotopic (exact) mass is 255 g/mol. The highest BCUT2D eigenvalue weighted by atomic mass is 15.1. The zero-order valence-corrected chi connectivity index (χ0v) is 11.7. The van der Waals surface area contributed by atoms with E-state index >= 15 is 0 Å². The number of aromatic nitrogens is 2. The normalized spacial score (nSPS) is 14.7. The number of imidazole rings is 1. The summed E-state index contributed by atoms with van der Waals surface area (Å²) in [5.74, 6) is 0.650. The SMILES string of the molecule is CC(C)Cc1cncn1-c1cccc2c1CCNC2. The second kappa shape index (κ2) is 5.17. The topological polar surface area (TPSA) is 29.9 Å². The van der Waals surface area contributed by atoms with Gasteiger partial charge in [0, 0.05) is 18.4 Å². The maximum atomic E-state index is 4.35. The number of nitrogens with one attached hydrogen (secondary N) is 1. The average Bonchev–Trinajstić information content (AvgIpc) is 2.85. The Morgan fingerprint density at radius 2 is 2.26 bits per heavy atom. The number of hydrogen-bond acceptors (Lipinski definition) is 2. The molecule has 0 fully saturated rings. The van der Waals surface area contributed by atoms with Gasteiger partial charge in [0.15, 0.2) is 0 Å². The van der Waals surface area contributed by atoms with Gasteiger partial charge in [-0.05, 0) is 42.5 Å². The van der Waals surface area contributed by atoms with Crippen LogP contribution >= 0.6 is 0 Å². The molecular weight excluding hydrogens is 234 g/mol. The molecule has 1 aromatic carbocycles. The Hall–Kier alpha value is -1.61. The fraction of sp³-hybridized carbons (Fsp3) is 0.438. The van der Waals surface area contributed by atoms with Crippen LogP contribution in [-0.4, -0.2) is 16.1 Å². The fourth-order valence-corrected chi connectivity index (χ4v) is 2.85. The number of rotatable bonds is 3. The summed E-state index contributed by atoms with van der Waals surface area (Å²) in [6, 6.07) is 6.60. The van der Waals surface area contributed by atoms with Gasteiger partial charge in [0.2, 0.25) is 0 Å². The molecule has 0 radical (unpaired) electrons. The van der Waals surface area contributed by atoms with Gasteiger partial charge in [-0.25, -0.2) is 4.98 Å². The predicted molar refractivity (Wildman–Crippen MR) is 77.5 cm³/mol. The van der Waals surface area contributed by atoms with Gasteiger partial charge in [-0.15, -0.1) is 0 Å². The third-order valence-electron chi connectivity index (χ3n) is 3.71. The van der Waals surface area contributed by atoms with Crippen molar-refractivity contribution in [2.75, 3.05) is 6.54 Å². The number of fused-ring (bicyclic) bond motifs is 1. The molecule has 1 aliphatic heterocycles. The molecule has 2 heterocycles. The zero-order chi connectivity index (χ0) is 13.2. The molecule has 19 heavy (non-hydrogen) atoms. The summed E-state index contributed by atoms with van der Waals surface area (Å²) in [7, 11) is 0. The van der Waals surface area contributed by atoms with Gasteiger partial charge in [0.25, 0.3) is 0 Å². The third-order valence-corrected chi connectivity index (χ3v) is 3.71. The second-order valence-corrected chi connectivity index (χ2v) is 5.69. The first-order valence-electron chi connectivity index (χ1n) is 7.09. The van der Waals surface area contributed by atoms with Crippen LogP contribution in [0.5, 0.6) is 0 Å². The first kappa shape index (κ1) is 12.4. The lowest BCUT2D eigenvalue weighted by Crippen LogP contribution is -2.25. The maximum Gasteiger partial charge on any atom is 0.0994 e. The van der Waals surface area contributed by atoms with Crippen molar-refractivity contribution in [1.29, 1.82) is 0 Å². The third kappa shape index (κ3) is 2.43. The summed E-state index contributed by atoms with van der Waals surface area (Å²) >= 11 is 0. The molecule has 1 N–H and O–H groups in total. The fourth-order valence-electron chi connectivity index (χ4n) is 2.85. The zero-order valence-electron chi connectivity index (χ0n) is 11.7. The summed E-state index contributed by atoms with van der Waals surface area (Å²) in [6.07, 6.45) is 6.13. The van der Waals surface area contributed by atoms with Gasteiger partial charge in [-0.2, -0.15) is 0 Å². The Morgan fingerprint density at radius 1 is 1.37 bits per heavy atom. The van der Waals surface area contributed by atoms with Crippen LogP contribution in [0.15, 0.2) is 30.7 Å². The van der Waals surface area contributed by atoms with Crippen LogP contribution in [0.1, 0.15) is 30.7 Å². The first-order chi connectivity index (χ1) is 9.25. The summed E-state index contributed by atoms with van der Waals surface area (Å²) in [4.78, 5) is 4.35. The molecule has 0 amide bonds. The molecule has 3 rings (SSSR count). The van der Waals surface area contributed by atoms with Gasteiger partial charge in [0.1, 0.15) is 0 Å². The molecule has 1 aliphatic rings. The van der Waals surface area contributed by atoms with E-state index in [1.165, 1.54) is 22.5 Å². The molecule has 0 saturated carbocycles. The van der Waals surface area contributed by atoms with E-state index in [4.69, 9.17) is 0 Å². The van der Waals surface area contributed by atoms with Crippen molar-refractivity contribution in [3.05, 3.63) is 47.5 Å². The highest BCUT2D eigenvalue weighted by molar-refractivity contribution is 5.48. The van der Waals surface area contributed by atoms with Crippen LogP contribution in [0.3, 0.4) is 0 Å². The smallest absolute Gasteiger partial charge is 0.0994 e. The Balaban J connectivity index is 2.05. The summed E-state index contributed by atoms with van der Waals surface area (Å²) in [5.41, 5.74) is 5.52. The number of benzene rings is 1. The van der Waals surface area contributed by atoms with E-state index in [1.807, 2.05) is 12.5 Å². The minimum atomic E-state index is 0.650. The maximum absolute atomic E-state index is 4.35. The molecule has 0 atom stereocenters. The molecule has 0 unspecified atom stereocenters. The summed E-state index contributed by atoms with van der Waals surface area (Å²) in [6.45, 7) is 6.55. The molecule has 0 saturated heterocycles. The average molecular weight is 255 g/mol. The van der Waals surface area contributed by atoms with Crippen LogP contribution in [0, 0.1) is 5.92 Å². The molecule has 0 aliphatic carbocycles. The Morgan fingerprint density at radius 3 is 3.11 bits per heavy atom. The van der Waals surface area contributed by atoms with E-state index in [0.29, 0.717) is 5.92 Å². The van der Waals surface area contributed by atoms with E-state index in [-0.39, 0.29) is 0 Å². The van der Waals surface area contributed by atoms with E-state index in [2.05, 4.69) is 46.9 Å². The molecule has 0 spiro atoms. The Bertz CT molecular complexity index is 569. The van der Waals surface area contributed by atoms with E-state index in [9.17, 15) is 0 Å².